The first-order chi connectivity index (χ1) is 9.36. The van der Waals surface area contributed by atoms with Crippen LogP contribution in [0, 0.1) is 0 Å². The van der Waals surface area contributed by atoms with E-state index in [1.54, 1.807) is 11.7 Å². The van der Waals surface area contributed by atoms with Crippen molar-refractivity contribution in [3.8, 4) is 0 Å². The Bertz CT molecular complexity index is 541. The highest BCUT2D eigenvalue weighted by Crippen LogP contribution is 2.24. The number of thiazole rings is 1. The first-order valence-electron chi connectivity index (χ1n) is 6.31. The zero-order valence-electron chi connectivity index (χ0n) is 10.5. The number of amides is 1. The van der Waals surface area contributed by atoms with E-state index in [9.17, 15) is 4.79 Å². The lowest BCUT2D eigenvalue weighted by atomic mass is 10.0. The number of aromatic nitrogens is 1. The third-order valence-electron chi connectivity index (χ3n) is 3.33. The van der Waals surface area contributed by atoms with Crippen LogP contribution in [0.2, 0.25) is 0 Å². The highest BCUT2D eigenvalue weighted by Gasteiger charge is 2.28. The summed E-state index contributed by atoms with van der Waals surface area (Å²) in [7, 11) is 0. The van der Waals surface area contributed by atoms with Gasteiger partial charge < -0.3 is 10.2 Å². The van der Waals surface area contributed by atoms with E-state index in [0.29, 0.717) is 4.88 Å². The molecule has 2 aromatic rings. The molecular formula is C14H15N3OS. The Balaban J connectivity index is 1.87. The molecule has 1 aliphatic heterocycles. The first-order valence-corrected chi connectivity index (χ1v) is 7.19. The number of nitrogens with one attached hydrogen (secondary N) is 1. The topological polar surface area (TPSA) is 45.2 Å². The minimum absolute atomic E-state index is 0.0813. The van der Waals surface area contributed by atoms with Crippen molar-refractivity contribution < 1.29 is 4.79 Å². The summed E-state index contributed by atoms with van der Waals surface area (Å²) in [6.45, 7) is 2.37. The fraction of sp³-hybridized carbons (Fsp3) is 0.286. The molecule has 0 unspecified atom stereocenters. The van der Waals surface area contributed by atoms with Crippen molar-refractivity contribution in [1.29, 1.82) is 0 Å². The van der Waals surface area contributed by atoms with Crippen molar-refractivity contribution in [1.82, 2.24) is 15.2 Å². The van der Waals surface area contributed by atoms with Crippen molar-refractivity contribution in [3.63, 3.8) is 0 Å². The van der Waals surface area contributed by atoms with Crippen molar-refractivity contribution in [2.45, 2.75) is 6.04 Å². The Morgan fingerprint density at radius 1 is 1.37 bits per heavy atom. The van der Waals surface area contributed by atoms with Crippen LogP contribution >= 0.6 is 11.3 Å². The van der Waals surface area contributed by atoms with E-state index in [1.165, 1.54) is 16.9 Å². The molecule has 5 heteroatoms. The maximum absolute atomic E-state index is 12.5. The second-order valence-electron chi connectivity index (χ2n) is 4.49. The van der Waals surface area contributed by atoms with Gasteiger partial charge in [-0.05, 0) is 5.56 Å². The number of rotatable bonds is 2. The van der Waals surface area contributed by atoms with Crippen LogP contribution in [0.3, 0.4) is 0 Å². The molecule has 19 heavy (non-hydrogen) atoms. The molecule has 98 valence electrons. The van der Waals surface area contributed by atoms with Crippen LogP contribution in [0.4, 0.5) is 0 Å². The molecular weight excluding hydrogens is 258 g/mol. The van der Waals surface area contributed by atoms with Gasteiger partial charge in [0.05, 0.1) is 17.7 Å². The van der Waals surface area contributed by atoms with E-state index in [0.717, 1.165) is 19.6 Å². The number of nitrogens with zero attached hydrogens (tertiary/aromatic N) is 2. The Morgan fingerprint density at radius 3 is 2.95 bits per heavy atom. The fourth-order valence-corrected chi connectivity index (χ4v) is 2.96. The normalized spacial score (nSPS) is 19.4. The number of carbonyl (C=O) groups excluding carboxylic acids is 1. The molecule has 1 fully saturated rings. The summed E-state index contributed by atoms with van der Waals surface area (Å²) in [5, 5.41) is 3.36. The Hall–Kier alpha value is -1.72. The molecule has 2 heterocycles. The van der Waals surface area contributed by atoms with E-state index in [4.69, 9.17) is 0 Å². The summed E-state index contributed by atoms with van der Waals surface area (Å²) in [5.41, 5.74) is 2.88. The van der Waals surface area contributed by atoms with E-state index < -0.39 is 0 Å². The van der Waals surface area contributed by atoms with Gasteiger partial charge in [-0.1, -0.05) is 30.3 Å². The minimum Gasteiger partial charge on any atom is -0.328 e. The largest absolute Gasteiger partial charge is 0.328 e. The molecule has 1 N–H and O–H groups in total. The summed E-state index contributed by atoms with van der Waals surface area (Å²) in [6, 6.07) is 10.3. The van der Waals surface area contributed by atoms with Gasteiger partial charge in [-0.15, -0.1) is 11.3 Å². The van der Waals surface area contributed by atoms with Gasteiger partial charge in [-0.2, -0.15) is 0 Å². The molecule has 0 aliphatic carbocycles. The van der Waals surface area contributed by atoms with Crippen molar-refractivity contribution in [2.75, 3.05) is 19.6 Å². The van der Waals surface area contributed by atoms with Crippen LogP contribution in [-0.4, -0.2) is 35.4 Å². The number of piperazine rings is 1. The maximum Gasteiger partial charge on any atom is 0.266 e. The highest BCUT2D eigenvalue weighted by molar-refractivity contribution is 7.11. The lowest BCUT2D eigenvalue weighted by Gasteiger charge is -2.36. The zero-order valence-corrected chi connectivity index (χ0v) is 11.3. The quantitative estimate of drug-likeness (QED) is 0.909. The molecule has 1 aliphatic rings. The molecule has 4 nitrogen and oxygen atoms in total. The number of carbonyl (C=O) groups is 1. The van der Waals surface area contributed by atoms with Gasteiger partial charge in [-0.25, -0.2) is 0 Å². The second-order valence-corrected chi connectivity index (χ2v) is 5.38. The van der Waals surface area contributed by atoms with Crippen molar-refractivity contribution in [3.05, 3.63) is 52.5 Å². The molecule has 1 aromatic carbocycles. The molecule has 1 aromatic heterocycles. The third kappa shape index (κ3) is 2.52. The lowest BCUT2D eigenvalue weighted by Crippen LogP contribution is -2.48. The first kappa shape index (κ1) is 12.3. The Labute approximate surface area is 116 Å². The monoisotopic (exact) mass is 273 g/mol. The van der Waals surface area contributed by atoms with Crippen LogP contribution in [0.1, 0.15) is 21.3 Å². The average Bonchev–Trinajstić information content (AvgIpc) is 3.02. The van der Waals surface area contributed by atoms with Crippen LogP contribution in [0.25, 0.3) is 0 Å². The summed E-state index contributed by atoms with van der Waals surface area (Å²) >= 11 is 1.40. The van der Waals surface area contributed by atoms with E-state index in [2.05, 4.69) is 22.4 Å². The minimum atomic E-state index is 0.0813. The smallest absolute Gasteiger partial charge is 0.266 e. The van der Waals surface area contributed by atoms with Gasteiger partial charge in [0.1, 0.15) is 4.88 Å². The van der Waals surface area contributed by atoms with E-state index >= 15 is 0 Å². The summed E-state index contributed by atoms with van der Waals surface area (Å²) in [4.78, 5) is 19.2. The molecule has 0 radical (unpaired) electrons. The average molecular weight is 273 g/mol. The number of hydrogen-bond acceptors (Lipinski definition) is 4. The number of benzene rings is 1. The molecule has 0 saturated carbocycles. The standard InChI is InChI=1S/C14H15N3OS/c18-14(13-9-16-10-19-13)17-7-6-15-8-12(17)11-4-2-1-3-5-11/h1-5,9-10,12,15H,6-8H2/t12-/m0/s1. The van der Waals surface area contributed by atoms with Crippen LogP contribution in [-0.2, 0) is 0 Å². The predicted octanol–water partition coefficient (Wildman–Crippen LogP) is 1.93. The van der Waals surface area contributed by atoms with Crippen molar-refractivity contribution in [2.24, 2.45) is 0 Å². The van der Waals surface area contributed by atoms with Gasteiger partial charge in [0.15, 0.2) is 0 Å². The zero-order chi connectivity index (χ0) is 13.1. The van der Waals surface area contributed by atoms with Gasteiger partial charge in [0.2, 0.25) is 0 Å². The fourth-order valence-electron chi connectivity index (χ4n) is 2.38. The van der Waals surface area contributed by atoms with Crippen molar-refractivity contribution >= 4 is 17.2 Å². The molecule has 1 atom stereocenters. The van der Waals surface area contributed by atoms with Gasteiger partial charge >= 0.3 is 0 Å². The SMILES string of the molecule is O=C(c1cncs1)N1CCNC[C@H]1c1ccccc1. The van der Waals surface area contributed by atoms with Crippen LogP contribution in [0.5, 0.6) is 0 Å². The maximum atomic E-state index is 12.5. The molecule has 1 amide bonds. The van der Waals surface area contributed by atoms with Crippen LogP contribution in [0.15, 0.2) is 42.0 Å². The Kier molecular flexibility index (Phi) is 3.57. The third-order valence-corrected chi connectivity index (χ3v) is 4.09. The molecule has 3 rings (SSSR count). The molecule has 0 spiro atoms. The van der Waals surface area contributed by atoms with E-state index in [1.807, 2.05) is 23.1 Å². The van der Waals surface area contributed by atoms with Crippen LogP contribution < -0.4 is 5.32 Å². The van der Waals surface area contributed by atoms with Gasteiger partial charge in [-0.3, -0.25) is 9.78 Å². The predicted molar refractivity (Wildman–Crippen MR) is 75.2 cm³/mol. The molecule has 0 bridgehead atoms. The van der Waals surface area contributed by atoms with E-state index in [-0.39, 0.29) is 11.9 Å². The number of hydrogen-bond donors (Lipinski definition) is 1. The Morgan fingerprint density at radius 2 is 2.21 bits per heavy atom. The lowest BCUT2D eigenvalue weighted by molar-refractivity contribution is 0.0639. The van der Waals surface area contributed by atoms with Gasteiger partial charge in [0, 0.05) is 19.6 Å². The van der Waals surface area contributed by atoms with Gasteiger partial charge in [0.25, 0.3) is 5.91 Å². The molecule has 1 saturated heterocycles. The summed E-state index contributed by atoms with van der Waals surface area (Å²) in [6.07, 6.45) is 1.65. The summed E-state index contributed by atoms with van der Waals surface area (Å²) in [5.74, 6) is 0.0813. The highest BCUT2D eigenvalue weighted by atomic mass is 32.1. The summed E-state index contributed by atoms with van der Waals surface area (Å²) < 4.78 is 0. The second kappa shape index (κ2) is 5.50.